The summed E-state index contributed by atoms with van der Waals surface area (Å²) in [7, 11) is -7.20. The zero-order chi connectivity index (χ0) is 14.5. The van der Waals surface area contributed by atoms with Crippen molar-refractivity contribution in [2.24, 2.45) is 0 Å². The van der Waals surface area contributed by atoms with E-state index in [9.17, 15) is 16.8 Å². The van der Waals surface area contributed by atoms with Gasteiger partial charge in [-0.2, -0.15) is 4.31 Å². The minimum Gasteiger partial charge on any atom is -0.222 e. The van der Waals surface area contributed by atoms with Crippen LogP contribution in [-0.2, 0) is 19.9 Å². The second-order valence-corrected chi connectivity index (χ2v) is 10.2. The van der Waals surface area contributed by atoms with Crippen LogP contribution in [-0.4, -0.2) is 37.8 Å². The summed E-state index contributed by atoms with van der Waals surface area (Å²) in [4.78, 5) is 0.159. The molecule has 1 fully saturated rings. The molecular weight excluding hydrogens is 286 g/mol. The Labute approximate surface area is 114 Å². The molecule has 1 heterocycles. The summed E-state index contributed by atoms with van der Waals surface area (Å²) in [6.45, 7) is 4.73. The van der Waals surface area contributed by atoms with Crippen LogP contribution in [0.5, 0.6) is 0 Å². The Bertz CT molecular complexity index is 672. The van der Waals surface area contributed by atoms with E-state index in [1.54, 1.807) is 39.0 Å². The Morgan fingerprint density at radius 1 is 1.05 bits per heavy atom. The van der Waals surface area contributed by atoms with E-state index in [0.717, 1.165) is 4.31 Å². The maximum atomic E-state index is 12.3. The SMILES string of the molecule is CC(C)(C)S(=O)(=O)N1CC1S(=O)(=O)c1ccccc1. The Hall–Kier alpha value is -0.920. The lowest BCUT2D eigenvalue weighted by Crippen LogP contribution is -2.35. The fraction of sp³-hybridized carbons (Fsp3) is 0.500. The van der Waals surface area contributed by atoms with Gasteiger partial charge in [0.05, 0.1) is 9.64 Å². The summed E-state index contributed by atoms with van der Waals surface area (Å²) in [5.74, 6) is 0. The second kappa shape index (κ2) is 4.29. The quantitative estimate of drug-likeness (QED) is 0.787. The molecule has 1 aliphatic rings. The van der Waals surface area contributed by atoms with E-state index in [1.807, 2.05) is 0 Å². The predicted molar refractivity (Wildman–Crippen MR) is 72.8 cm³/mol. The van der Waals surface area contributed by atoms with Crippen LogP contribution < -0.4 is 0 Å². The Balaban J connectivity index is 2.30. The average Bonchev–Trinajstić information content (AvgIpc) is 3.09. The number of rotatable bonds is 3. The van der Waals surface area contributed by atoms with Crippen LogP contribution in [0.15, 0.2) is 35.2 Å². The molecule has 1 aliphatic heterocycles. The third kappa shape index (κ3) is 2.42. The summed E-state index contributed by atoms with van der Waals surface area (Å²) < 4.78 is 48.9. The van der Waals surface area contributed by atoms with E-state index in [0.29, 0.717) is 0 Å². The zero-order valence-electron chi connectivity index (χ0n) is 11.1. The number of hydrogen-bond donors (Lipinski definition) is 0. The van der Waals surface area contributed by atoms with Gasteiger partial charge in [-0.1, -0.05) is 18.2 Å². The molecule has 2 rings (SSSR count). The molecule has 0 aromatic heterocycles. The van der Waals surface area contributed by atoms with Gasteiger partial charge in [0.1, 0.15) is 5.37 Å². The highest BCUT2D eigenvalue weighted by molar-refractivity contribution is 7.95. The van der Waals surface area contributed by atoms with Crippen molar-refractivity contribution in [3.63, 3.8) is 0 Å². The first-order chi connectivity index (χ1) is 8.58. The first-order valence-electron chi connectivity index (χ1n) is 5.89. The minimum atomic E-state index is -3.61. The first-order valence-corrected chi connectivity index (χ1v) is 8.87. The van der Waals surface area contributed by atoms with Gasteiger partial charge in [-0.25, -0.2) is 16.8 Å². The van der Waals surface area contributed by atoms with Crippen LogP contribution in [0, 0.1) is 0 Å². The minimum absolute atomic E-state index is 0.0385. The van der Waals surface area contributed by atoms with E-state index < -0.39 is 30.0 Å². The summed E-state index contributed by atoms with van der Waals surface area (Å²) >= 11 is 0. The standard InChI is InChI=1S/C12H17NO4S2/c1-12(2,3)19(16,17)13-9-11(13)18(14,15)10-7-5-4-6-8-10/h4-8,11H,9H2,1-3H3. The molecule has 1 aromatic carbocycles. The van der Waals surface area contributed by atoms with Gasteiger partial charge in [-0.3, -0.25) is 0 Å². The van der Waals surface area contributed by atoms with Crippen molar-refractivity contribution in [3.8, 4) is 0 Å². The molecule has 1 saturated heterocycles. The molecule has 1 aromatic rings. The highest BCUT2D eigenvalue weighted by atomic mass is 32.2. The summed E-state index contributed by atoms with van der Waals surface area (Å²) in [6.07, 6.45) is 0. The lowest BCUT2D eigenvalue weighted by Gasteiger charge is -2.20. The van der Waals surface area contributed by atoms with E-state index in [1.165, 1.54) is 12.1 Å². The van der Waals surface area contributed by atoms with Gasteiger partial charge in [0.2, 0.25) is 10.0 Å². The third-order valence-corrected chi connectivity index (χ3v) is 7.79. The van der Waals surface area contributed by atoms with Gasteiger partial charge >= 0.3 is 0 Å². The highest BCUT2D eigenvalue weighted by Crippen LogP contribution is 2.36. The monoisotopic (exact) mass is 303 g/mol. The van der Waals surface area contributed by atoms with Crippen molar-refractivity contribution < 1.29 is 16.8 Å². The molecule has 0 bridgehead atoms. The summed E-state index contributed by atoms with van der Waals surface area (Å²) in [5, 5.41) is -0.959. The van der Waals surface area contributed by atoms with E-state index in [-0.39, 0.29) is 11.4 Å². The molecule has 7 heteroatoms. The Morgan fingerprint density at radius 2 is 1.58 bits per heavy atom. The molecule has 0 N–H and O–H groups in total. The number of hydrogen-bond acceptors (Lipinski definition) is 4. The van der Waals surface area contributed by atoms with Crippen molar-refractivity contribution in [1.29, 1.82) is 0 Å². The fourth-order valence-corrected chi connectivity index (χ4v) is 5.37. The molecule has 0 aliphatic carbocycles. The van der Waals surface area contributed by atoms with Gasteiger partial charge < -0.3 is 0 Å². The molecular formula is C12H17NO4S2. The van der Waals surface area contributed by atoms with Gasteiger partial charge in [0, 0.05) is 6.54 Å². The summed E-state index contributed by atoms with van der Waals surface area (Å²) in [6, 6.07) is 7.93. The second-order valence-electron chi connectivity index (χ2n) is 5.50. The molecule has 0 amide bonds. The van der Waals surface area contributed by atoms with Gasteiger partial charge in [0.25, 0.3) is 0 Å². The van der Waals surface area contributed by atoms with Crippen LogP contribution in [0.25, 0.3) is 0 Å². The fourth-order valence-electron chi connectivity index (χ4n) is 1.73. The smallest absolute Gasteiger partial charge is 0.220 e. The van der Waals surface area contributed by atoms with Crippen LogP contribution in [0.3, 0.4) is 0 Å². The number of benzene rings is 1. The Morgan fingerprint density at radius 3 is 2.05 bits per heavy atom. The van der Waals surface area contributed by atoms with Crippen molar-refractivity contribution in [1.82, 2.24) is 4.31 Å². The lowest BCUT2D eigenvalue weighted by molar-refractivity contribution is 0.519. The molecule has 19 heavy (non-hydrogen) atoms. The van der Waals surface area contributed by atoms with E-state index in [2.05, 4.69) is 0 Å². The predicted octanol–water partition coefficient (Wildman–Crippen LogP) is 1.23. The highest BCUT2D eigenvalue weighted by Gasteiger charge is 2.55. The van der Waals surface area contributed by atoms with E-state index in [4.69, 9.17) is 0 Å². The molecule has 2 atom stereocenters. The van der Waals surface area contributed by atoms with Gasteiger partial charge in [-0.05, 0) is 32.9 Å². The topological polar surface area (TPSA) is 71.3 Å². The van der Waals surface area contributed by atoms with E-state index >= 15 is 0 Å². The van der Waals surface area contributed by atoms with Crippen molar-refractivity contribution >= 4 is 19.9 Å². The molecule has 106 valence electrons. The third-order valence-electron chi connectivity index (χ3n) is 3.04. The van der Waals surface area contributed by atoms with Crippen LogP contribution >= 0.6 is 0 Å². The maximum absolute atomic E-state index is 12.3. The molecule has 0 saturated carbocycles. The summed E-state index contributed by atoms with van der Waals surface area (Å²) in [5.41, 5.74) is 0. The normalized spacial score (nSPS) is 24.2. The Kier molecular flexibility index (Phi) is 3.27. The average molecular weight is 303 g/mol. The molecule has 5 nitrogen and oxygen atoms in total. The molecule has 2 unspecified atom stereocenters. The molecule has 0 spiro atoms. The number of sulfonamides is 1. The van der Waals surface area contributed by atoms with Crippen LogP contribution in [0.2, 0.25) is 0 Å². The number of sulfone groups is 1. The maximum Gasteiger partial charge on any atom is 0.220 e. The van der Waals surface area contributed by atoms with Gasteiger partial charge in [0.15, 0.2) is 9.84 Å². The lowest BCUT2D eigenvalue weighted by atomic mass is 10.3. The largest absolute Gasteiger partial charge is 0.222 e. The zero-order valence-corrected chi connectivity index (χ0v) is 12.7. The van der Waals surface area contributed by atoms with Gasteiger partial charge in [-0.15, -0.1) is 0 Å². The van der Waals surface area contributed by atoms with Crippen molar-refractivity contribution in [2.75, 3.05) is 6.54 Å². The van der Waals surface area contributed by atoms with Crippen molar-refractivity contribution in [2.45, 2.75) is 35.8 Å². The van der Waals surface area contributed by atoms with Crippen LogP contribution in [0.4, 0.5) is 0 Å². The first kappa shape index (κ1) is 14.5. The molecule has 0 radical (unpaired) electrons. The van der Waals surface area contributed by atoms with Crippen LogP contribution in [0.1, 0.15) is 20.8 Å². The number of nitrogens with zero attached hydrogens (tertiary/aromatic N) is 1. The van der Waals surface area contributed by atoms with Crippen molar-refractivity contribution in [3.05, 3.63) is 30.3 Å².